The van der Waals surface area contributed by atoms with Crippen molar-refractivity contribution in [2.45, 2.75) is 6.92 Å². The van der Waals surface area contributed by atoms with E-state index in [2.05, 4.69) is 15.3 Å². The smallest absolute Gasteiger partial charge is 0.257 e. The van der Waals surface area contributed by atoms with E-state index in [0.717, 1.165) is 5.69 Å². The largest absolute Gasteiger partial charge is 0.478 e. The van der Waals surface area contributed by atoms with Crippen molar-refractivity contribution in [3.63, 3.8) is 0 Å². The first-order chi connectivity index (χ1) is 5.77. The zero-order valence-electron chi connectivity index (χ0n) is 6.87. The molecule has 0 radical (unpaired) electrons. The van der Waals surface area contributed by atoms with E-state index in [1.807, 2.05) is 0 Å². The molecule has 0 fully saturated rings. The van der Waals surface area contributed by atoms with Crippen LogP contribution in [0, 0.1) is 6.92 Å². The van der Waals surface area contributed by atoms with Gasteiger partial charge in [-0.3, -0.25) is 4.79 Å². The molecule has 5 heteroatoms. The molecule has 0 saturated carbocycles. The Bertz CT molecular complexity index is 288. The molecule has 1 aromatic heterocycles. The maximum absolute atomic E-state index is 10.1. The average Bonchev–Trinajstić information content (AvgIpc) is 2.08. The Morgan fingerprint density at radius 3 is 3.00 bits per heavy atom. The van der Waals surface area contributed by atoms with Crippen molar-refractivity contribution in [1.29, 1.82) is 0 Å². The van der Waals surface area contributed by atoms with Crippen molar-refractivity contribution in [2.24, 2.45) is 0 Å². The maximum Gasteiger partial charge on any atom is 0.257 e. The molecule has 0 spiro atoms. The predicted molar refractivity (Wildman–Crippen MR) is 43.0 cm³/mol. The third-order valence-electron chi connectivity index (χ3n) is 1.25. The van der Waals surface area contributed by atoms with Crippen LogP contribution in [0.4, 0.5) is 5.82 Å². The fourth-order valence-corrected chi connectivity index (χ4v) is 0.752. The highest BCUT2D eigenvalue weighted by Crippen LogP contribution is 2.16. The zero-order chi connectivity index (χ0) is 8.97. The van der Waals surface area contributed by atoms with Crippen LogP contribution in [0.1, 0.15) is 5.69 Å². The summed E-state index contributed by atoms with van der Waals surface area (Å²) in [4.78, 5) is 18.0. The number of carbonyl (C=O) groups is 1. The van der Waals surface area contributed by atoms with Gasteiger partial charge in [-0.15, -0.1) is 0 Å². The van der Waals surface area contributed by atoms with Crippen LogP contribution >= 0.6 is 0 Å². The van der Waals surface area contributed by atoms with E-state index in [-0.39, 0.29) is 0 Å². The lowest BCUT2D eigenvalue weighted by Crippen LogP contribution is -2.02. The quantitative estimate of drug-likeness (QED) is 0.660. The second-order valence-electron chi connectivity index (χ2n) is 2.13. The summed E-state index contributed by atoms with van der Waals surface area (Å²) in [5.74, 6) is 0.653. The number of nitrogens with zero attached hydrogens (tertiary/aromatic N) is 2. The zero-order valence-corrected chi connectivity index (χ0v) is 6.87. The highest BCUT2D eigenvalue weighted by atomic mass is 16.5. The van der Waals surface area contributed by atoms with Gasteiger partial charge in [-0.05, 0) is 6.92 Å². The average molecular weight is 167 g/mol. The Kier molecular flexibility index (Phi) is 2.57. The second kappa shape index (κ2) is 3.66. The Hall–Kier alpha value is -1.65. The topological polar surface area (TPSA) is 64.1 Å². The van der Waals surface area contributed by atoms with Crippen LogP contribution in [0.15, 0.2) is 6.20 Å². The Labute approximate surface area is 69.8 Å². The van der Waals surface area contributed by atoms with Gasteiger partial charge in [-0.2, -0.15) is 0 Å². The molecule has 0 aliphatic carbocycles. The van der Waals surface area contributed by atoms with E-state index >= 15 is 0 Å². The van der Waals surface area contributed by atoms with Crippen molar-refractivity contribution in [1.82, 2.24) is 9.97 Å². The second-order valence-corrected chi connectivity index (χ2v) is 2.13. The Morgan fingerprint density at radius 1 is 1.67 bits per heavy atom. The predicted octanol–water partition coefficient (Wildman–Crippen LogP) is 0.362. The highest BCUT2D eigenvalue weighted by molar-refractivity contribution is 5.71. The summed E-state index contributed by atoms with van der Waals surface area (Å²) in [6.45, 7) is 1.79. The molecule has 5 nitrogen and oxygen atoms in total. The van der Waals surface area contributed by atoms with E-state index in [9.17, 15) is 4.79 Å². The number of aromatic nitrogens is 2. The highest BCUT2D eigenvalue weighted by Gasteiger charge is 2.04. The minimum absolute atomic E-state index is 0.321. The Balaban J connectivity index is 3.01. The molecule has 12 heavy (non-hydrogen) atoms. The number of hydrogen-bond donors (Lipinski definition) is 1. The number of ether oxygens (including phenoxy) is 1. The van der Waals surface area contributed by atoms with Crippen molar-refractivity contribution in [3.8, 4) is 5.88 Å². The molecule has 1 heterocycles. The van der Waals surface area contributed by atoms with E-state index in [4.69, 9.17) is 4.74 Å². The molecule has 0 bridgehead atoms. The van der Waals surface area contributed by atoms with Gasteiger partial charge in [0.05, 0.1) is 19.0 Å². The molecule has 1 amide bonds. The van der Waals surface area contributed by atoms with Gasteiger partial charge in [0.1, 0.15) is 0 Å². The SMILES string of the molecule is COc1nc(C)cnc1NC=O. The number of aryl methyl sites for hydroxylation is 1. The number of nitrogens with one attached hydrogen (secondary N) is 1. The van der Waals surface area contributed by atoms with Crippen molar-refractivity contribution in [2.75, 3.05) is 12.4 Å². The summed E-state index contributed by atoms with van der Waals surface area (Å²) in [7, 11) is 1.47. The fourth-order valence-electron chi connectivity index (χ4n) is 0.752. The van der Waals surface area contributed by atoms with Gasteiger partial charge in [0.2, 0.25) is 6.41 Å². The van der Waals surface area contributed by atoms with Gasteiger partial charge in [0, 0.05) is 0 Å². The summed E-state index contributed by atoms with van der Waals surface area (Å²) in [6.07, 6.45) is 2.08. The van der Waals surface area contributed by atoms with Crippen LogP contribution < -0.4 is 10.1 Å². The molecule has 0 atom stereocenters. The molecule has 1 N–H and O–H groups in total. The molecular weight excluding hydrogens is 158 g/mol. The van der Waals surface area contributed by atoms with Crippen LogP contribution in [-0.4, -0.2) is 23.5 Å². The summed E-state index contributed by atoms with van der Waals surface area (Å²) < 4.78 is 4.88. The van der Waals surface area contributed by atoms with Crippen LogP contribution in [0.3, 0.4) is 0 Å². The van der Waals surface area contributed by atoms with Gasteiger partial charge in [-0.1, -0.05) is 0 Å². The normalized spacial score (nSPS) is 9.17. The van der Waals surface area contributed by atoms with Gasteiger partial charge in [-0.25, -0.2) is 9.97 Å². The third-order valence-corrected chi connectivity index (χ3v) is 1.25. The molecule has 0 unspecified atom stereocenters. The number of rotatable bonds is 3. The summed E-state index contributed by atoms with van der Waals surface area (Å²) in [5.41, 5.74) is 0.739. The first-order valence-electron chi connectivity index (χ1n) is 3.35. The molecular formula is C7H9N3O2. The van der Waals surface area contributed by atoms with Crippen LogP contribution in [0.25, 0.3) is 0 Å². The van der Waals surface area contributed by atoms with Crippen LogP contribution in [0.5, 0.6) is 5.88 Å². The standard InChI is InChI=1S/C7H9N3O2/c1-5-3-8-6(9-4-11)7(10-5)12-2/h3-4H,1-2H3,(H,8,9,11). The van der Waals surface area contributed by atoms with Crippen molar-refractivity contribution in [3.05, 3.63) is 11.9 Å². The van der Waals surface area contributed by atoms with E-state index in [1.54, 1.807) is 13.1 Å². The molecule has 64 valence electrons. The summed E-state index contributed by atoms with van der Waals surface area (Å²) in [5, 5.41) is 2.38. The number of hydrogen-bond acceptors (Lipinski definition) is 4. The van der Waals surface area contributed by atoms with E-state index in [1.165, 1.54) is 7.11 Å². The lowest BCUT2D eigenvalue weighted by Gasteiger charge is -2.04. The van der Waals surface area contributed by atoms with Crippen LogP contribution in [0.2, 0.25) is 0 Å². The third kappa shape index (κ3) is 1.69. The molecule has 1 aromatic rings. The Morgan fingerprint density at radius 2 is 2.42 bits per heavy atom. The van der Waals surface area contributed by atoms with E-state index < -0.39 is 0 Å². The van der Waals surface area contributed by atoms with Gasteiger partial charge >= 0.3 is 0 Å². The molecule has 1 rings (SSSR count). The first-order valence-corrected chi connectivity index (χ1v) is 3.35. The number of anilines is 1. The van der Waals surface area contributed by atoms with Crippen LogP contribution in [-0.2, 0) is 4.79 Å². The molecule has 0 aliphatic rings. The van der Waals surface area contributed by atoms with Gasteiger partial charge < -0.3 is 10.1 Å². The fraction of sp³-hybridized carbons (Fsp3) is 0.286. The van der Waals surface area contributed by atoms with E-state index in [0.29, 0.717) is 18.1 Å². The maximum atomic E-state index is 10.1. The number of methoxy groups -OCH3 is 1. The molecule has 0 saturated heterocycles. The lowest BCUT2D eigenvalue weighted by atomic mass is 10.5. The minimum atomic E-state index is 0.321. The monoisotopic (exact) mass is 167 g/mol. The van der Waals surface area contributed by atoms with Gasteiger partial charge in [0.15, 0.2) is 5.82 Å². The minimum Gasteiger partial charge on any atom is -0.478 e. The molecule has 0 aromatic carbocycles. The first kappa shape index (κ1) is 8.45. The van der Waals surface area contributed by atoms with Crippen molar-refractivity contribution >= 4 is 12.2 Å². The molecule has 0 aliphatic heterocycles. The van der Waals surface area contributed by atoms with Crippen molar-refractivity contribution < 1.29 is 9.53 Å². The lowest BCUT2D eigenvalue weighted by molar-refractivity contribution is -0.105. The summed E-state index contributed by atoms with van der Waals surface area (Å²) >= 11 is 0. The van der Waals surface area contributed by atoms with Gasteiger partial charge in [0.25, 0.3) is 5.88 Å². The number of carbonyl (C=O) groups excluding carboxylic acids is 1. The number of amides is 1. The summed E-state index contributed by atoms with van der Waals surface area (Å²) in [6, 6.07) is 0.